The van der Waals surface area contributed by atoms with Gasteiger partial charge in [-0.3, -0.25) is 0 Å². The van der Waals surface area contributed by atoms with Gasteiger partial charge >= 0.3 is 0 Å². The number of hydrogen-bond donors (Lipinski definition) is 1. The van der Waals surface area contributed by atoms with E-state index in [1.54, 1.807) is 13.1 Å². The Morgan fingerprint density at radius 2 is 1.06 bits per heavy atom. The Balaban J connectivity index is 0.000000160. The van der Waals surface area contributed by atoms with E-state index in [-0.39, 0.29) is 38.4 Å². The second-order valence-electron chi connectivity index (χ2n) is 16.2. The molecule has 0 bridgehead atoms. The zero-order chi connectivity index (χ0) is 42.7. The predicted molar refractivity (Wildman–Crippen MR) is 270 cm³/mol. The molecule has 2 heterocycles. The molecular formula is C59H46N4Y-2. The minimum atomic E-state index is 0. The molecule has 1 aliphatic carbocycles. The predicted octanol–water partition coefficient (Wildman–Crippen LogP) is 16.0. The molecule has 1 unspecified atom stereocenters. The Kier molecular flexibility index (Phi) is 12.5. The fourth-order valence-electron chi connectivity index (χ4n) is 8.85. The Bertz CT molecular complexity index is 3350. The van der Waals surface area contributed by atoms with Gasteiger partial charge in [0.15, 0.2) is 0 Å². The average molecular weight is 900 g/mol. The number of para-hydroxylation sites is 2. The summed E-state index contributed by atoms with van der Waals surface area (Å²) >= 11 is 0. The van der Waals surface area contributed by atoms with Gasteiger partial charge in [0.2, 0.25) is 0 Å². The monoisotopic (exact) mass is 899 g/mol. The van der Waals surface area contributed by atoms with E-state index < -0.39 is 0 Å². The van der Waals surface area contributed by atoms with Gasteiger partial charge in [0.1, 0.15) is 0 Å². The number of nitrogens with one attached hydrogen (secondary N) is 1. The van der Waals surface area contributed by atoms with Crippen LogP contribution < -0.4 is 0 Å². The van der Waals surface area contributed by atoms with Crippen molar-refractivity contribution in [3.63, 3.8) is 0 Å². The van der Waals surface area contributed by atoms with E-state index in [0.717, 1.165) is 39.9 Å². The van der Waals surface area contributed by atoms with Crippen LogP contribution in [0.5, 0.6) is 0 Å². The Labute approximate surface area is 400 Å². The van der Waals surface area contributed by atoms with Crippen LogP contribution in [-0.4, -0.2) is 22.3 Å². The number of rotatable bonds is 8. The molecule has 8 aromatic carbocycles. The molecule has 0 aliphatic heterocycles. The summed E-state index contributed by atoms with van der Waals surface area (Å²) in [6.07, 6.45) is 9.80. The van der Waals surface area contributed by atoms with Gasteiger partial charge in [-0.05, 0) is 87.2 Å². The zero-order valence-electron chi connectivity index (χ0n) is 36.0. The van der Waals surface area contributed by atoms with Crippen molar-refractivity contribution < 1.29 is 32.7 Å². The molecule has 1 aliphatic rings. The number of H-pyrrole nitrogens is 1. The van der Waals surface area contributed by atoms with E-state index in [9.17, 15) is 5.41 Å². The summed E-state index contributed by atoms with van der Waals surface area (Å²) in [5.74, 6) is 0.550. The Hall–Kier alpha value is -6.85. The van der Waals surface area contributed by atoms with Crippen LogP contribution in [0.4, 0.5) is 0 Å². The van der Waals surface area contributed by atoms with E-state index in [1.165, 1.54) is 66.0 Å². The second-order valence-corrected chi connectivity index (χ2v) is 16.2. The number of fused-ring (bicyclic) bond motifs is 6. The van der Waals surface area contributed by atoms with Crippen molar-refractivity contribution >= 4 is 60.7 Å². The van der Waals surface area contributed by atoms with Gasteiger partial charge in [0, 0.05) is 71.0 Å². The fraction of sp³-hybridized carbons (Fsp3) is 0.0678. The summed E-state index contributed by atoms with van der Waals surface area (Å²) in [5.41, 5.74) is 15.9. The van der Waals surface area contributed by atoms with Crippen molar-refractivity contribution in [2.75, 3.05) is 7.05 Å². The molecule has 2 aromatic heterocycles. The third kappa shape index (κ3) is 8.60. The summed E-state index contributed by atoms with van der Waals surface area (Å²) in [6, 6.07) is 67.5. The molecule has 1 radical (unpaired) electrons. The fourth-order valence-corrected chi connectivity index (χ4v) is 8.85. The molecule has 64 heavy (non-hydrogen) atoms. The van der Waals surface area contributed by atoms with Crippen LogP contribution in [-0.2, 0) is 32.7 Å². The average Bonchev–Trinajstić information content (AvgIpc) is 3.89. The molecule has 11 rings (SSSR count). The van der Waals surface area contributed by atoms with E-state index in [1.807, 2.05) is 72.8 Å². The molecule has 0 spiro atoms. The summed E-state index contributed by atoms with van der Waals surface area (Å²) < 4.78 is 2.43. The number of nitrogens with zero attached hydrogens (tertiary/aromatic N) is 3. The van der Waals surface area contributed by atoms with Gasteiger partial charge < -0.3 is 20.3 Å². The van der Waals surface area contributed by atoms with E-state index in [4.69, 9.17) is 0 Å². The molecule has 0 fully saturated rings. The van der Waals surface area contributed by atoms with Gasteiger partial charge in [0.05, 0.1) is 11.0 Å². The maximum Gasteiger partial charge on any atom is 0.0547 e. The molecule has 307 valence electrons. The standard InChI is InChI=1S/C31H24N2.C28H22N2.Y/c1-20-7-6-8-23(17-20)33-30-12-5-3-10-26(30)27-16-14-22(19-31(27)33)21-13-15-25-24-9-2-4-11-28(24)32-29(25)18-21;1-30-28(26-18-14-24(15-19-26)22-10-6-3-7-11-22)20-27(29)25-16-12-23(13-17-25)21-8-4-2-5-9-21;/h2-6,8-20,32H,7H2,1H3;2-20H,1H3;/q;-2;/b;28-20-;. The zero-order valence-corrected chi connectivity index (χ0v) is 38.8. The van der Waals surface area contributed by atoms with E-state index in [2.05, 4.69) is 161 Å². The summed E-state index contributed by atoms with van der Waals surface area (Å²) in [4.78, 5) is 3.59. The minimum absolute atomic E-state index is 0. The van der Waals surface area contributed by atoms with Crippen LogP contribution in [0.3, 0.4) is 0 Å². The first kappa shape index (κ1) is 42.5. The molecular weight excluding hydrogens is 854 g/mol. The van der Waals surface area contributed by atoms with Crippen molar-refractivity contribution in [3.05, 3.63) is 240 Å². The van der Waals surface area contributed by atoms with E-state index >= 15 is 0 Å². The van der Waals surface area contributed by atoms with Gasteiger partial charge in [-0.25, -0.2) is 0 Å². The number of benzene rings is 8. The van der Waals surface area contributed by atoms with Crippen LogP contribution in [0.25, 0.3) is 99.1 Å². The summed E-state index contributed by atoms with van der Waals surface area (Å²) in [5, 5.41) is 20.2. The molecule has 1 N–H and O–H groups in total. The number of aromatic amines is 1. The molecule has 0 saturated carbocycles. The van der Waals surface area contributed by atoms with Crippen molar-refractivity contribution in [3.8, 4) is 33.4 Å². The minimum Gasteiger partial charge on any atom is -0.803 e. The molecule has 5 heteroatoms. The third-order valence-corrected chi connectivity index (χ3v) is 12.1. The van der Waals surface area contributed by atoms with Gasteiger partial charge in [-0.15, -0.1) is 12.7 Å². The van der Waals surface area contributed by atoms with Crippen LogP contribution in [0.2, 0.25) is 0 Å². The quantitative estimate of drug-likeness (QED) is 0.148. The first-order valence-corrected chi connectivity index (χ1v) is 21.6. The smallest absolute Gasteiger partial charge is 0.0547 e. The van der Waals surface area contributed by atoms with Crippen LogP contribution in [0.1, 0.15) is 24.5 Å². The van der Waals surface area contributed by atoms with Gasteiger partial charge in [-0.1, -0.05) is 195 Å². The molecule has 0 amide bonds. The largest absolute Gasteiger partial charge is 0.803 e. The number of aromatic nitrogens is 2. The molecule has 1 atom stereocenters. The van der Waals surface area contributed by atoms with Crippen LogP contribution in [0, 0.1) is 5.92 Å². The number of allylic oxidation sites excluding steroid dienone is 5. The first-order valence-electron chi connectivity index (χ1n) is 21.6. The van der Waals surface area contributed by atoms with Crippen LogP contribution >= 0.6 is 0 Å². The number of hydrogen-bond acceptors (Lipinski definition) is 0. The van der Waals surface area contributed by atoms with Gasteiger partial charge in [0.25, 0.3) is 0 Å². The molecule has 4 nitrogen and oxygen atoms in total. The Morgan fingerprint density at radius 3 is 1.72 bits per heavy atom. The topological polar surface area (TPSA) is 57.1 Å². The first-order chi connectivity index (χ1) is 31.0. The Morgan fingerprint density at radius 1 is 0.547 bits per heavy atom. The maximum atomic E-state index is 10.7. The summed E-state index contributed by atoms with van der Waals surface area (Å²) in [7, 11) is 1.74. The van der Waals surface area contributed by atoms with Crippen molar-refractivity contribution in [1.29, 1.82) is 0 Å². The van der Waals surface area contributed by atoms with Crippen LogP contribution in [0.15, 0.2) is 218 Å². The van der Waals surface area contributed by atoms with Crippen molar-refractivity contribution in [2.24, 2.45) is 5.92 Å². The van der Waals surface area contributed by atoms with Crippen molar-refractivity contribution in [1.82, 2.24) is 9.55 Å². The maximum absolute atomic E-state index is 10.7. The second kappa shape index (κ2) is 18.9. The molecule has 0 saturated heterocycles. The normalized spacial score (nSPS) is 13.6. The van der Waals surface area contributed by atoms with Gasteiger partial charge in [-0.2, -0.15) is 5.71 Å². The SMILES string of the molecule is CC1C=C(n2c3ccccc3c3ccc(-c4ccc5c(c4)[nH]c4ccccc45)cc32)C=CC1.C[N-]/C(=C\C(=[N-])c1ccc(-c2ccccc2)cc1)c1ccc(-c2ccccc2)cc1.[Y]. The van der Waals surface area contributed by atoms with E-state index in [0.29, 0.717) is 5.92 Å². The summed E-state index contributed by atoms with van der Waals surface area (Å²) in [6.45, 7) is 2.29. The molecule has 10 aromatic rings. The third-order valence-electron chi connectivity index (χ3n) is 12.1. The van der Waals surface area contributed by atoms with Crippen molar-refractivity contribution in [2.45, 2.75) is 13.3 Å².